The minimum Gasteiger partial charge on any atom is -0.358 e. The molecule has 0 saturated carbocycles. The van der Waals surface area contributed by atoms with Crippen LogP contribution in [0.4, 0.5) is 0 Å². The van der Waals surface area contributed by atoms with Crippen LogP contribution in [-0.2, 0) is 74.8 Å². The van der Waals surface area contributed by atoms with Crippen LogP contribution in [0, 0.1) is 29.2 Å². The van der Waals surface area contributed by atoms with Crippen molar-refractivity contribution < 1.29 is 74.8 Å². The molecule has 0 nitrogen and oxygen atoms in total. The quantitative estimate of drug-likeness (QED) is 0.422. The molecule has 0 aliphatic rings. The molecule has 0 saturated heterocycles. The molecule has 0 fully saturated rings. The molecule has 0 amide bonds. The predicted molar refractivity (Wildman–Crippen MR) is 30.3 cm³/mol. The van der Waals surface area contributed by atoms with E-state index in [0.717, 1.165) is 0 Å². The first kappa shape index (κ1) is 77.8. The van der Waals surface area contributed by atoms with Crippen LogP contribution in [0.2, 0.25) is 0 Å². The van der Waals surface area contributed by atoms with Gasteiger partial charge in [-0.25, -0.2) is 0 Å². The third kappa shape index (κ3) is 77.1. The molecule has 0 aromatic rings. The third-order valence-electron chi connectivity index (χ3n) is 0. The van der Waals surface area contributed by atoms with Crippen molar-refractivity contribution in [3.63, 3.8) is 0 Å². The molecule has 1 radical (unpaired) electrons. The summed E-state index contributed by atoms with van der Waals surface area (Å²) >= 11 is 0. The van der Waals surface area contributed by atoms with E-state index in [9.17, 15) is 0 Å². The van der Waals surface area contributed by atoms with E-state index in [1.54, 1.807) is 6.92 Å². The second-order valence-electron chi connectivity index (χ2n) is 0. The summed E-state index contributed by atoms with van der Waals surface area (Å²) < 4.78 is 0. The number of rotatable bonds is 0. The molecule has 0 heterocycles. The molecule has 0 bridgehead atoms. The zero-order chi connectivity index (χ0) is 2.00. The molecular formula is C5H14W2Y-2. The minimum absolute atomic E-state index is 0. The van der Waals surface area contributed by atoms with Crippen molar-refractivity contribution in [1.29, 1.82) is 0 Å². The largest absolute Gasteiger partial charge is 2.00 e. The first-order chi connectivity index (χ1) is 1.00. The SMILES string of the molecule is [CH2-]C.[CH3-].[CH3-].[CH3-].[W+2].[W].[Y]. The molecule has 0 spiro atoms. The maximum atomic E-state index is 3.25. The smallest absolute Gasteiger partial charge is 0.358 e. The van der Waals surface area contributed by atoms with Crippen LogP contribution in [0.1, 0.15) is 6.92 Å². The molecule has 0 aliphatic heterocycles. The summed E-state index contributed by atoms with van der Waals surface area (Å²) in [6.45, 7) is 5.00. The van der Waals surface area contributed by atoms with Crippen LogP contribution in [-0.4, -0.2) is 0 Å². The van der Waals surface area contributed by atoms with E-state index in [1.807, 2.05) is 0 Å². The second-order valence-corrected chi connectivity index (χ2v) is 0. The molecule has 0 aromatic carbocycles. The summed E-state index contributed by atoms with van der Waals surface area (Å²) in [4.78, 5) is 0. The Morgan fingerprint density at radius 2 is 0.875 bits per heavy atom. The zero-order valence-corrected chi connectivity index (χ0v) is 14.8. The van der Waals surface area contributed by atoms with Crippen molar-refractivity contribution in [3.8, 4) is 0 Å². The molecule has 8 heavy (non-hydrogen) atoms. The monoisotopic (exact) mass is 531 g/mol. The van der Waals surface area contributed by atoms with Gasteiger partial charge in [-0.15, -0.1) is 0 Å². The maximum Gasteiger partial charge on any atom is 2.00 e. The van der Waals surface area contributed by atoms with Crippen LogP contribution in [0.15, 0.2) is 0 Å². The summed E-state index contributed by atoms with van der Waals surface area (Å²) in [5.41, 5.74) is 0. The second kappa shape index (κ2) is 111. The molecule has 0 rings (SSSR count). The van der Waals surface area contributed by atoms with Crippen LogP contribution < -0.4 is 0 Å². The number of hydrogen-bond donors (Lipinski definition) is 0. The zero-order valence-electron chi connectivity index (χ0n) is 6.10. The Bertz CT molecular complexity index is 10.4. The summed E-state index contributed by atoms with van der Waals surface area (Å²) in [7, 11) is 0. The Balaban J connectivity index is -0.000000000333. The van der Waals surface area contributed by atoms with Gasteiger partial charge in [-0.3, -0.25) is 0 Å². The first-order valence-electron chi connectivity index (χ1n) is 0.707. The van der Waals surface area contributed by atoms with Gasteiger partial charge in [0, 0.05) is 53.8 Å². The van der Waals surface area contributed by atoms with Crippen molar-refractivity contribution in [2.75, 3.05) is 0 Å². The van der Waals surface area contributed by atoms with Crippen molar-refractivity contribution in [2.24, 2.45) is 0 Å². The molecule has 0 atom stereocenters. The van der Waals surface area contributed by atoms with Gasteiger partial charge < -0.3 is 29.2 Å². The van der Waals surface area contributed by atoms with Crippen LogP contribution >= 0.6 is 0 Å². The van der Waals surface area contributed by atoms with E-state index in [0.29, 0.717) is 0 Å². The summed E-state index contributed by atoms with van der Waals surface area (Å²) in [6, 6.07) is 0. The van der Waals surface area contributed by atoms with Crippen molar-refractivity contribution >= 4 is 0 Å². The summed E-state index contributed by atoms with van der Waals surface area (Å²) in [6.07, 6.45) is 0. The van der Waals surface area contributed by atoms with Gasteiger partial charge in [0.2, 0.25) is 0 Å². The van der Waals surface area contributed by atoms with Gasteiger partial charge in [-0.1, -0.05) is 0 Å². The predicted octanol–water partition coefficient (Wildman–Crippen LogP) is 2.18. The Labute approximate surface area is 109 Å². The van der Waals surface area contributed by atoms with E-state index >= 15 is 0 Å². The van der Waals surface area contributed by atoms with E-state index in [2.05, 4.69) is 6.92 Å². The van der Waals surface area contributed by atoms with E-state index in [1.165, 1.54) is 0 Å². The minimum atomic E-state index is 0. The summed E-state index contributed by atoms with van der Waals surface area (Å²) in [5, 5.41) is 0. The normalized spacial score (nSPS) is 0.750. The Hall–Kier alpha value is 2.48. The Morgan fingerprint density at radius 1 is 0.875 bits per heavy atom. The molecule has 51 valence electrons. The summed E-state index contributed by atoms with van der Waals surface area (Å²) in [5.74, 6) is 0. The van der Waals surface area contributed by atoms with Crippen LogP contribution in [0.3, 0.4) is 0 Å². The van der Waals surface area contributed by atoms with Gasteiger partial charge in [-0.05, 0) is 0 Å². The fourth-order valence-corrected chi connectivity index (χ4v) is 0. The molecule has 3 heteroatoms. The van der Waals surface area contributed by atoms with Crippen LogP contribution in [0.5, 0.6) is 0 Å². The first-order valence-corrected chi connectivity index (χ1v) is 0.707. The van der Waals surface area contributed by atoms with Crippen molar-refractivity contribution in [1.82, 2.24) is 0 Å². The molecule has 0 unspecified atom stereocenters. The third-order valence-corrected chi connectivity index (χ3v) is 0. The van der Waals surface area contributed by atoms with Crippen molar-refractivity contribution in [3.05, 3.63) is 29.2 Å². The Morgan fingerprint density at radius 3 is 0.875 bits per heavy atom. The molecule has 0 N–H and O–H groups in total. The molecular weight excluding hydrogens is 517 g/mol. The maximum absolute atomic E-state index is 3.25. The Kier molecular flexibility index (Phi) is 1080. The standard InChI is InChI=1S/C2H5.3CH3.2W.Y/c1-2;;;;;;/h1H2,2H3;3*1H3;;;/q4*-1;;+2;. The van der Waals surface area contributed by atoms with Crippen molar-refractivity contribution in [2.45, 2.75) is 6.92 Å². The van der Waals surface area contributed by atoms with Gasteiger partial charge in [0.15, 0.2) is 0 Å². The topological polar surface area (TPSA) is 0 Å². The molecule has 0 aromatic heterocycles. The van der Waals surface area contributed by atoms with Gasteiger partial charge >= 0.3 is 21.1 Å². The van der Waals surface area contributed by atoms with E-state index in [-0.39, 0.29) is 97.1 Å². The molecule has 0 aliphatic carbocycles. The van der Waals surface area contributed by atoms with Gasteiger partial charge in [0.05, 0.1) is 0 Å². The fraction of sp³-hybridized carbons (Fsp3) is 0.200. The number of hydrogen-bond acceptors (Lipinski definition) is 0. The van der Waals surface area contributed by atoms with Gasteiger partial charge in [0.25, 0.3) is 0 Å². The average Bonchev–Trinajstić information content (AvgIpc) is 1.00. The van der Waals surface area contributed by atoms with E-state index in [4.69, 9.17) is 0 Å². The van der Waals surface area contributed by atoms with Gasteiger partial charge in [-0.2, -0.15) is 6.92 Å². The average molecular weight is 531 g/mol. The fourth-order valence-electron chi connectivity index (χ4n) is 0. The van der Waals surface area contributed by atoms with E-state index < -0.39 is 0 Å². The van der Waals surface area contributed by atoms with Crippen LogP contribution in [0.25, 0.3) is 0 Å². The van der Waals surface area contributed by atoms with Gasteiger partial charge in [0.1, 0.15) is 0 Å².